The van der Waals surface area contributed by atoms with Crippen molar-refractivity contribution in [1.29, 1.82) is 5.26 Å². The minimum Gasteiger partial charge on any atom is -0.379 e. The third-order valence-electron chi connectivity index (χ3n) is 7.94. The highest BCUT2D eigenvalue weighted by molar-refractivity contribution is 7.80. The van der Waals surface area contributed by atoms with E-state index in [0.717, 1.165) is 45.8 Å². The average Bonchev–Trinajstić information content (AvgIpc) is 3.55. The van der Waals surface area contributed by atoms with E-state index in [1.54, 1.807) is 6.07 Å². The molecule has 11 heteroatoms. The van der Waals surface area contributed by atoms with Crippen molar-refractivity contribution in [3.8, 4) is 6.07 Å². The number of carbonyl (C=O) groups excluding carboxylic acids is 2. The van der Waals surface area contributed by atoms with E-state index in [4.69, 9.17) is 17.0 Å². The first-order valence-corrected chi connectivity index (χ1v) is 12.8. The molecule has 0 aliphatic carbocycles. The van der Waals surface area contributed by atoms with Gasteiger partial charge in [0.1, 0.15) is 23.4 Å². The van der Waals surface area contributed by atoms with E-state index >= 15 is 0 Å². The Hall–Kier alpha value is -3.01. The summed E-state index contributed by atoms with van der Waals surface area (Å²) in [6.45, 7) is 6.85. The fourth-order valence-corrected chi connectivity index (χ4v) is 6.53. The second kappa shape index (κ2) is 9.14. The van der Waals surface area contributed by atoms with Gasteiger partial charge in [0, 0.05) is 30.4 Å². The SMILES string of the molecule is N#Cc1ncc(N2C(=O)C3CN4CC(C(=S)NCCCN5CCOCC5)[N+]3(C4)C2=O)c2ccccc12. The Morgan fingerprint density at radius 3 is 2.78 bits per heavy atom. The van der Waals surface area contributed by atoms with Crippen LogP contribution >= 0.6 is 12.2 Å². The molecule has 6 rings (SSSR count). The second-order valence-electron chi connectivity index (χ2n) is 9.84. The highest BCUT2D eigenvalue weighted by atomic mass is 32.1. The number of amides is 3. The van der Waals surface area contributed by atoms with Gasteiger partial charge in [-0.3, -0.25) is 9.69 Å². The van der Waals surface area contributed by atoms with Crippen molar-refractivity contribution in [2.75, 3.05) is 64.1 Å². The highest BCUT2D eigenvalue weighted by Gasteiger charge is 2.73. The number of morpholine rings is 1. The minimum absolute atomic E-state index is 0.0163. The Bertz CT molecular complexity index is 1290. The Kier molecular flexibility index (Phi) is 5.94. The molecule has 1 aromatic carbocycles. The molecular formula is C25H28N7O3S+. The lowest BCUT2D eigenvalue weighted by molar-refractivity contribution is -0.851. The highest BCUT2D eigenvalue weighted by Crippen LogP contribution is 2.44. The fraction of sp³-hybridized carbons (Fsp3) is 0.480. The van der Waals surface area contributed by atoms with Crippen molar-refractivity contribution in [2.24, 2.45) is 0 Å². The van der Waals surface area contributed by atoms with Gasteiger partial charge in [-0.1, -0.05) is 36.5 Å². The monoisotopic (exact) mass is 506 g/mol. The zero-order valence-electron chi connectivity index (χ0n) is 19.9. The van der Waals surface area contributed by atoms with Crippen LogP contribution in [-0.4, -0.2) is 107 Å². The Balaban J connectivity index is 1.23. The molecule has 4 aliphatic heterocycles. The number of thiocarbonyl (C=S) groups is 1. The number of hydrogen-bond donors (Lipinski definition) is 1. The van der Waals surface area contributed by atoms with Crippen molar-refractivity contribution in [2.45, 2.75) is 18.5 Å². The van der Waals surface area contributed by atoms with Crippen LogP contribution in [0.15, 0.2) is 30.5 Å². The molecule has 2 bridgehead atoms. The number of imide groups is 1. The van der Waals surface area contributed by atoms with E-state index in [1.807, 2.05) is 18.2 Å². The maximum atomic E-state index is 14.1. The average molecular weight is 507 g/mol. The van der Waals surface area contributed by atoms with Gasteiger partial charge in [0.15, 0.2) is 12.1 Å². The topological polar surface area (TPSA) is 102 Å². The molecular weight excluding hydrogens is 478 g/mol. The number of urea groups is 1. The summed E-state index contributed by atoms with van der Waals surface area (Å²) in [6.07, 6.45) is 2.42. The number of nitrogens with zero attached hydrogens (tertiary/aromatic N) is 6. The van der Waals surface area contributed by atoms with Crippen molar-refractivity contribution < 1.29 is 18.8 Å². The number of piperazine rings is 1. The molecule has 0 radical (unpaired) electrons. The molecule has 3 amide bonds. The van der Waals surface area contributed by atoms with Crippen LogP contribution in [0.1, 0.15) is 12.1 Å². The first-order chi connectivity index (χ1) is 17.5. The quantitative estimate of drug-likeness (QED) is 0.267. The summed E-state index contributed by atoms with van der Waals surface area (Å²) in [7, 11) is 0. The molecule has 4 unspecified atom stereocenters. The van der Waals surface area contributed by atoms with Crippen LogP contribution in [0.2, 0.25) is 0 Å². The number of ether oxygens (including phenoxy) is 1. The van der Waals surface area contributed by atoms with E-state index in [-0.39, 0.29) is 28.2 Å². The van der Waals surface area contributed by atoms with Crippen molar-refractivity contribution >= 4 is 45.6 Å². The molecule has 2 aromatic rings. The molecule has 0 saturated carbocycles. The van der Waals surface area contributed by atoms with Crippen molar-refractivity contribution in [3.63, 3.8) is 0 Å². The number of nitrogens with one attached hydrogen (secondary N) is 1. The third kappa shape index (κ3) is 3.52. The third-order valence-corrected chi connectivity index (χ3v) is 8.36. The summed E-state index contributed by atoms with van der Waals surface area (Å²) in [5.74, 6) is -0.223. The molecule has 4 aliphatic rings. The van der Waals surface area contributed by atoms with Gasteiger partial charge < -0.3 is 10.1 Å². The molecule has 1 spiro atoms. The summed E-state index contributed by atoms with van der Waals surface area (Å²) in [5, 5.41) is 14.2. The number of benzene rings is 1. The van der Waals surface area contributed by atoms with Crippen LogP contribution in [0.5, 0.6) is 0 Å². The minimum atomic E-state index is -0.487. The maximum absolute atomic E-state index is 14.1. The summed E-state index contributed by atoms with van der Waals surface area (Å²) in [4.78, 5) is 38.5. The molecule has 186 valence electrons. The van der Waals surface area contributed by atoms with Crippen molar-refractivity contribution in [1.82, 2.24) is 20.1 Å². The molecule has 36 heavy (non-hydrogen) atoms. The number of hydrogen-bond acceptors (Lipinski definition) is 8. The fourth-order valence-electron chi connectivity index (χ4n) is 6.16. The van der Waals surface area contributed by atoms with Gasteiger partial charge in [-0.15, -0.1) is 0 Å². The van der Waals surface area contributed by atoms with Gasteiger partial charge in [0.25, 0.3) is 5.91 Å². The Morgan fingerprint density at radius 1 is 1.22 bits per heavy atom. The number of pyridine rings is 1. The zero-order valence-corrected chi connectivity index (χ0v) is 20.7. The van der Waals surface area contributed by atoms with Crippen LogP contribution in [-0.2, 0) is 9.53 Å². The van der Waals surface area contributed by atoms with Crippen LogP contribution < -0.4 is 10.2 Å². The maximum Gasteiger partial charge on any atom is 0.433 e. The van der Waals surface area contributed by atoms with Gasteiger partial charge in [-0.25, -0.2) is 19.2 Å². The molecule has 4 atom stereocenters. The smallest absolute Gasteiger partial charge is 0.379 e. The first kappa shape index (κ1) is 23.4. The molecule has 1 aromatic heterocycles. The summed E-state index contributed by atoms with van der Waals surface area (Å²) >= 11 is 5.81. The lowest BCUT2D eigenvalue weighted by Gasteiger charge is -2.34. The molecule has 4 saturated heterocycles. The number of aromatic nitrogens is 1. The summed E-state index contributed by atoms with van der Waals surface area (Å²) in [5.41, 5.74) is 0.705. The predicted octanol–water partition coefficient (Wildman–Crippen LogP) is 1.05. The van der Waals surface area contributed by atoms with Gasteiger partial charge in [-0.05, 0) is 13.0 Å². The number of carbonyl (C=O) groups is 2. The number of rotatable bonds is 6. The van der Waals surface area contributed by atoms with E-state index in [1.165, 1.54) is 11.1 Å². The second-order valence-corrected chi connectivity index (χ2v) is 10.3. The van der Waals surface area contributed by atoms with Crippen LogP contribution in [0.4, 0.5) is 10.5 Å². The van der Waals surface area contributed by atoms with E-state index in [2.05, 4.69) is 26.2 Å². The van der Waals surface area contributed by atoms with Crippen LogP contribution in [0.3, 0.4) is 0 Å². The largest absolute Gasteiger partial charge is 0.433 e. The van der Waals surface area contributed by atoms with E-state index < -0.39 is 6.04 Å². The number of fused-ring (bicyclic) bond motifs is 2. The molecule has 4 fully saturated rings. The lowest BCUT2D eigenvalue weighted by Crippen LogP contribution is -2.64. The van der Waals surface area contributed by atoms with E-state index in [0.29, 0.717) is 41.2 Å². The van der Waals surface area contributed by atoms with Crippen LogP contribution in [0, 0.1) is 11.3 Å². The number of anilines is 1. The van der Waals surface area contributed by atoms with Crippen molar-refractivity contribution in [3.05, 3.63) is 36.2 Å². The van der Waals surface area contributed by atoms with Crippen LogP contribution in [0.25, 0.3) is 10.8 Å². The molecule has 5 heterocycles. The lowest BCUT2D eigenvalue weighted by atomic mass is 10.1. The Labute approximate surface area is 214 Å². The van der Waals surface area contributed by atoms with Gasteiger partial charge in [0.05, 0.1) is 38.2 Å². The predicted molar refractivity (Wildman–Crippen MR) is 136 cm³/mol. The zero-order chi connectivity index (χ0) is 24.9. The van der Waals surface area contributed by atoms with Gasteiger partial charge in [0.2, 0.25) is 0 Å². The normalized spacial score (nSPS) is 29.5. The number of nitriles is 1. The summed E-state index contributed by atoms with van der Waals surface area (Å²) in [6, 6.07) is 8.36. The molecule has 10 nitrogen and oxygen atoms in total. The number of quaternary nitrogens is 1. The molecule has 1 N–H and O–H groups in total. The summed E-state index contributed by atoms with van der Waals surface area (Å²) < 4.78 is 5.42. The van der Waals surface area contributed by atoms with Gasteiger partial charge >= 0.3 is 6.03 Å². The first-order valence-electron chi connectivity index (χ1n) is 12.4. The van der Waals surface area contributed by atoms with E-state index in [9.17, 15) is 14.9 Å². The Morgan fingerprint density at radius 2 is 2.00 bits per heavy atom. The van der Waals surface area contributed by atoms with Gasteiger partial charge in [-0.2, -0.15) is 10.2 Å². The standard InChI is InChI=1S/C25H27N7O3S/c26-12-19-17-4-1-2-5-18(17)20(13-28-19)31-24(33)22-15-30-14-21(32(22,16-30)25(31)34)23(36)27-6-3-7-29-8-10-35-11-9-29/h1-2,4-5,13,21-22H,3,6-11,14-16H2/p+1.